The molecule has 5 nitrogen and oxygen atoms in total. The van der Waals surface area contributed by atoms with Gasteiger partial charge in [-0.1, -0.05) is 75.0 Å². The third-order valence-electron chi connectivity index (χ3n) is 9.77. The number of rotatable bonds is 6. The third-order valence-corrected chi connectivity index (χ3v) is 11.1. The molecular weight excluding hydrogens is 729 g/mol. The molecule has 4 aliphatic rings. The van der Waals surface area contributed by atoms with Crippen molar-refractivity contribution >= 4 is 50.1 Å². The summed E-state index contributed by atoms with van der Waals surface area (Å²) < 4.78 is 14.2. The summed E-state index contributed by atoms with van der Waals surface area (Å²) in [5.74, 6) is 1.26. The Morgan fingerprint density at radius 2 is 1.43 bits per heavy atom. The first-order valence-corrected chi connectivity index (χ1v) is 17.8. The highest BCUT2D eigenvalue weighted by molar-refractivity contribution is 14.1. The van der Waals surface area contributed by atoms with E-state index in [4.69, 9.17) is 9.47 Å². The number of Topliss-reactive ketones (excluding diaryl/α,β-unsaturated/α-hetero) is 2. The van der Waals surface area contributed by atoms with Gasteiger partial charge in [0.15, 0.2) is 23.1 Å². The van der Waals surface area contributed by atoms with Gasteiger partial charge in [0.05, 0.1) is 10.7 Å². The summed E-state index contributed by atoms with van der Waals surface area (Å²) >= 11 is 5.81. The topological polar surface area (TPSA) is 55.8 Å². The van der Waals surface area contributed by atoms with Crippen molar-refractivity contribution in [1.29, 1.82) is 0 Å². The summed E-state index contributed by atoms with van der Waals surface area (Å²) in [6.45, 7) is 9.26. The number of carbonyl (C=O) groups excluding carboxylic acids is 2. The average Bonchev–Trinajstić information content (AvgIpc) is 2.95. The van der Waals surface area contributed by atoms with Crippen LogP contribution in [0.15, 0.2) is 63.4 Å². The minimum absolute atomic E-state index is 0.128. The molecule has 0 N–H and O–H groups in total. The minimum atomic E-state index is -0.394. The van der Waals surface area contributed by atoms with Crippen molar-refractivity contribution < 1.29 is 19.1 Å². The van der Waals surface area contributed by atoms with Crippen LogP contribution in [0.4, 0.5) is 0 Å². The number of ether oxygens (including phenoxy) is 2. The number of halogens is 2. The summed E-state index contributed by atoms with van der Waals surface area (Å²) in [7, 11) is 1.66. The van der Waals surface area contributed by atoms with Gasteiger partial charge in [0.1, 0.15) is 6.61 Å². The number of nitrogens with zero attached hydrogens (tertiary/aromatic N) is 1. The van der Waals surface area contributed by atoms with Crippen LogP contribution in [0.1, 0.15) is 103 Å². The first-order valence-electron chi connectivity index (χ1n) is 15.9. The molecule has 1 aliphatic heterocycles. The number of hydrogen-bond donors (Lipinski definition) is 0. The van der Waals surface area contributed by atoms with E-state index in [0.717, 1.165) is 67.4 Å². The maximum atomic E-state index is 14.3. The van der Waals surface area contributed by atoms with Gasteiger partial charge in [-0.2, -0.15) is 0 Å². The smallest absolute Gasteiger partial charge is 0.174 e. The molecule has 2 aromatic carbocycles. The van der Waals surface area contributed by atoms with Gasteiger partial charge in [-0.15, -0.1) is 0 Å². The Balaban J connectivity index is 1.50. The van der Waals surface area contributed by atoms with Crippen LogP contribution in [0.5, 0.6) is 11.5 Å². The molecule has 0 radical (unpaired) electrons. The second-order valence-electron chi connectivity index (χ2n) is 14.6. The number of benzene rings is 2. The molecule has 1 saturated carbocycles. The lowest BCUT2D eigenvalue weighted by molar-refractivity contribution is -0.119. The van der Waals surface area contributed by atoms with Crippen molar-refractivity contribution in [1.82, 2.24) is 4.90 Å². The molecule has 0 spiro atoms. The van der Waals surface area contributed by atoms with Crippen LogP contribution in [-0.2, 0) is 16.2 Å². The SMILES string of the molecule is COc1cc(C2C3=C(CC(C)(C)CC3=O)N(C3CCCCC3)C3=C2C(=O)CC(C)(C)C3)cc(I)c1OCc1ccc(Br)cc1. The second-order valence-corrected chi connectivity index (χ2v) is 16.7. The summed E-state index contributed by atoms with van der Waals surface area (Å²) in [5, 5.41) is 0. The van der Waals surface area contributed by atoms with Crippen molar-refractivity contribution in [2.24, 2.45) is 10.8 Å². The predicted molar refractivity (Wildman–Crippen MR) is 186 cm³/mol. The van der Waals surface area contributed by atoms with Crippen molar-refractivity contribution in [2.75, 3.05) is 7.11 Å². The lowest BCUT2D eigenvalue weighted by Crippen LogP contribution is -2.48. The molecule has 0 bridgehead atoms. The van der Waals surface area contributed by atoms with Gasteiger partial charge in [-0.3, -0.25) is 9.59 Å². The quantitative estimate of drug-likeness (QED) is 0.274. The van der Waals surface area contributed by atoms with Crippen molar-refractivity contribution in [3.8, 4) is 11.5 Å². The van der Waals surface area contributed by atoms with Crippen LogP contribution in [0.25, 0.3) is 0 Å². The summed E-state index contributed by atoms with van der Waals surface area (Å²) in [5.41, 5.74) is 5.74. The molecular formula is C37H43BrINO4. The summed E-state index contributed by atoms with van der Waals surface area (Å²) in [6.07, 6.45) is 8.54. The first kappa shape index (κ1) is 31.8. The molecule has 7 heteroatoms. The van der Waals surface area contributed by atoms with Crippen LogP contribution in [0.2, 0.25) is 0 Å². The first-order chi connectivity index (χ1) is 20.9. The van der Waals surface area contributed by atoms with E-state index in [-0.39, 0.29) is 22.4 Å². The normalized spacial score (nSPS) is 22.2. The molecule has 2 aromatic rings. The zero-order valence-corrected chi connectivity index (χ0v) is 30.3. The van der Waals surface area contributed by atoms with Gasteiger partial charge >= 0.3 is 0 Å². The van der Waals surface area contributed by atoms with E-state index in [2.05, 4.69) is 77.2 Å². The Hall–Kier alpha value is -2.13. The van der Waals surface area contributed by atoms with Crippen molar-refractivity contribution in [3.63, 3.8) is 0 Å². The van der Waals surface area contributed by atoms with Crippen LogP contribution in [-0.4, -0.2) is 29.6 Å². The van der Waals surface area contributed by atoms with Crippen LogP contribution in [0.3, 0.4) is 0 Å². The maximum absolute atomic E-state index is 14.3. The molecule has 0 atom stereocenters. The van der Waals surface area contributed by atoms with Crippen LogP contribution < -0.4 is 9.47 Å². The average molecular weight is 773 g/mol. The summed E-state index contributed by atoms with van der Waals surface area (Å²) in [6, 6.07) is 12.5. The highest BCUT2D eigenvalue weighted by Crippen LogP contribution is 2.56. The minimum Gasteiger partial charge on any atom is -0.493 e. The van der Waals surface area contributed by atoms with Gasteiger partial charge in [0.25, 0.3) is 0 Å². The molecule has 44 heavy (non-hydrogen) atoms. The van der Waals surface area contributed by atoms with E-state index < -0.39 is 5.92 Å². The summed E-state index contributed by atoms with van der Waals surface area (Å²) in [4.78, 5) is 31.1. The van der Waals surface area contributed by atoms with Crippen LogP contribution >= 0.6 is 38.5 Å². The van der Waals surface area contributed by atoms with E-state index >= 15 is 0 Å². The Morgan fingerprint density at radius 1 is 0.864 bits per heavy atom. The molecule has 6 rings (SSSR count). The number of carbonyl (C=O) groups is 2. The largest absolute Gasteiger partial charge is 0.493 e. The molecule has 234 valence electrons. The Bertz CT molecular complexity index is 1490. The van der Waals surface area contributed by atoms with Gasteiger partial charge in [-0.05, 0) is 94.5 Å². The zero-order valence-electron chi connectivity index (χ0n) is 26.5. The van der Waals surface area contributed by atoms with E-state index in [1.807, 2.05) is 30.3 Å². The molecule has 0 aromatic heterocycles. The standard InChI is InChI=1S/C37H43BrINO4/c1-36(2)17-27-33(29(41)19-36)32(34-28(18-37(3,4)20-30(34)42)40(27)25-9-7-6-8-10-25)23-15-26(39)35(31(16-23)43-5)44-21-22-11-13-24(38)14-12-22/h11-16,25,32H,6-10,17-21H2,1-5H3. The van der Waals surface area contributed by atoms with Crippen LogP contribution in [0, 0.1) is 14.4 Å². The number of methoxy groups -OCH3 is 1. The van der Waals surface area contributed by atoms with E-state index in [0.29, 0.717) is 37.0 Å². The Labute approximate surface area is 284 Å². The number of ketones is 2. The second kappa shape index (κ2) is 12.2. The Morgan fingerprint density at radius 3 is 1.98 bits per heavy atom. The highest BCUT2D eigenvalue weighted by Gasteiger charge is 2.50. The van der Waals surface area contributed by atoms with Gasteiger partial charge in [0, 0.05) is 51.8 Å². The van der Waals surface area contributed by atoms with Gasteiger partial charge in [-0.25, -0.2) is 0 Å². The fourth-order valence-electron chi connectivity index (χ4n) is 7.89. The third kappa shape index (κ3) is 6.16. The van der Waals surface area contributed by atoms with Gasteiger partial charge in [0.2, 0.25) is 0 Å². The maximum Gasteiger partial charge on any atom is 0.174 e. The number of allylic oxidation sites excluding steroid dienone is 4. The van der Waals surface area contributed by atoms with Crippen molar-refractivity contribution in [2.45, 2.75) is 104 Å². The lowest BCUT2D eigenvalue weighted by atomic mass is 9.63. The molecule has 0 unspecified atom stereocenters. The zero-order chi connectivity index (χ0) is 31.4. The van der Waals surface area contributed by atoms with Gasteiger partial charge < -0.3 is 14.4 Å². The molecule has 0 amide bonds. The molecule has 3 aliphatic carbocycles. The fraction of sp³-hybridized carbons (Fsp3) is 0.514. The highest BCUT2D eigenvalue weighted by atomic mass is 127. The van der Waals surface area contributed by atoms with Crippen molar-refractivity contribution in [3.05, 3.63) is 78.1 Å². The monoisotopic (exact) mass is 771 g/mol. The van der Waals surface area contributed by atoms with E-state index in [9.17, 15) is 9.59 Å². The Kier molecular flexibility index (Phi) is 8.85. The molecule has 0 saturated heterocycles. The lowest BCUT2D eigenvalue weighted by Gasteiger charge is -2.52. The molecule has 1 fully saturated rings. The fourth-order valence-corrected chi connectivity index (χ4v) is 8.94. The predicted octanol–water partition coefficient (Wildman–Crippen LogP) is 9.66. The van der Waals surface area contributed by atoms with E-state index in [1.165, 1.54) is 19.3 Å². The number of hydrogen-bond acceptors (Lipinski definition) is 5. The molecule has 1 heterocycles. The van der Waals surface area contributed by atoms with E-state index in [1.54, 1.807) is 7.11 Å².